The Balaban J connectivity index is 2.20. The van der Waals surface area contributed by atoms with Crippen molar-refractivity contribution in [3.05, 3.63) is 41.8 Å². The molecule has 1 heterocycles. The molecule has 100 valence electrons. The van der Waals surface area contributed by atoms with Crippen molar-refractivity contribution in [2.75, 3.05) is 14.2 Å². The number of oxazole rings is 1. The molecule has 0 fully saturated rings. The van der Waals surface area contributed by atoms with Crippen LogP contribution in [-0.4, -0.2) is 30.1 Å². The first-order chi connectivity index (χ1) is 9.11. The van der Waals surface area contributed by atoms with E-state index in [9.17, 15) is 4.79 Å². The molecule has 0 saturated heterocycles. The molecule has 0 spiro atoms. The molecule has 0 aliphatic rings. The lowest BCUT2D eigenvalue weighted by molar-refractivity contribution is -0.167. The van der Waals surface area contributed by atoms with Gasteiger partial charge in [0.1, 0.15) is 5.76 Å². The van der Waals surface area contributed by atoms with E-state index in [1.807, 2.05) is 30.3 Å². The fraction of sp³-hybridized carbons (Fsp3) is 0.286. The van der Waals surface area contributed by atoms with Gasteiger partial charge in [-0.2, -0.15) is 0 Å². The highest BCUT2D eigenvalue weighted by molar-refractivity contribution is 5.77. The molecule has 0 aliphatic heterocycles. The van der Waals surface area contributed by atoms with E-state index in [4.69, 9.17) is 9.25 Å². The quantitative estimate of drug-likeness (QED) is 0.791. The minimum absolute atomic E-state index is 0.159. The van der Waals surface area contributed by atoms with Gasteiger partial charge in [-0.25, -0.2) is 10.0 Å². The van der Waals surface area contributed by atoms with Gasteiger partial charge >= 0.3 is 0 Å². The maximum absolute atomic E-state index is 11.8. The number of hydroxylamine groups is 2. The minimum Gasteiger partial charge on any atom is -0.441 e. The number of rotatable bonds is 4. The van der Waals surface area contributed by atoms with Crippen molar-refractivity contribution in [2.24, 2.45) is 0 Å². The zero-order valence-electron chi connectivity index (χ0n) is 11.2. The van der Waals surface area contributed by atoms with Gasteiger partial charge in [0.25, 0.3) is 5.91 Å². The lowest BCUT2D eigenvalue weighted by Crippen LogP contribution is -2.27. The van der Waals surface area contributed by atoms with Gasteiger partial charge < -0.3 is 4.42 Å². The van der Waals surface area contributed by atoms with E-state index in [0.717, 1.165) is 5.56 Å². The van der Waals surface area contributed by atoms with Gasteiger partial charge in [0, 0.05) is 12.6 Å². The van der Waals surface area contributed by atoms with Crippen LogP contribution >= 0.6 is 0 Å². The Hall–Kier alpha value is -2.14. The first-order valence-electron chi connectivity index (χ1n) is 5.94. The lowest BCUT2D eigenvalue weighted by Gasteiger charge is -2.12. The van der Waals surface area contributed by atoms with Crippen molar-refractivity contribution in [1.82, 2.24) is 10.0 Å². The molecule has 2 rings (SSSR count). The van der Waals surface area contributed by atoms with Crippen molar-refractivity contribution in [3.63, 3.8) is 0 Å². The molecule has 1 aromatic carbocycles. The zero-order chi connectivity index (χ0) is 13.8. The highest BCUT2D eigenvalue weighted by Gasteiger charge is 2.16. The van der Waals surface area contributed by atoms with Crippen LogP contribution < -0.4 is 0 Å². The molecule has 2 aromatic rings. The van der Waals surface area contributed by atoms with Crippen LogP contribution in [0.1, 0.15) is 11.5 Å². The number of likely N-dealkylation sites (N-methyl/N-ethyl adjacent to an activating group) is 1. The summed E-state index contributed by atoms with van der Waals surface area (Å²) in [6, 6.07) is 9.59. The molecule has 5 heteroatoms. The molecule has 0 atom stereocenters. The second kappa shape index (κ2) is 5.67. The number of aromatic nitrogens is 1. The van der Waals surface area contributed by atoms with Crippen molar-refractivity contribution >= 4 is 5.91 Å². The Kier molecular flexibility index (Phi) is 3.97. The number of nitrogens with zero attached hydrogens (tertiary/aromatic N) is 2. The van der Waals surface area contributed by atoms with E-state index in [2.05, 4.69) is 4.98 Å². The Morgan fingerprint density at radius 3 is 2.68 bits per heavy atom. The van der Waals surface area contributed by atoms with E-state index in [1.165, 1.54) is 12.2 Å². The van der Waals surface area contributed by atoms with Crippen LogP contribution in [0.25, 0.3) is 11.5 Å². The van der Waals surface area contributed by atoms with Gasteiger partial charge in [0.15, 0.2) is 0 Å². The lowest BCUT2D eigenvalue weighted by atomic mass is 10.2. The number of hydrogen-bond donors (Lipinski definition) is 0. The van der Waals surface area contributed by atoms with E-state index in [0.29, 0.717) is 17.3 Å². The number of hydrogen-bond acceptors (Lipinski definition) is 4. The fourth-order valence-corrected chi connectivity index (χ4v) is 1.65. The second-order valence-electron chi connectivity index (χ2n) is 4.14. The van der Waals surface area contributed by atoms with E-state index in [1.54, 1.807) is 14.0 Å². The van der Waals surface area contributed by atoms with Crippen LogP contribution in [-0.2, 0) is 16.1 Å². The molecule has 1 aromatic heterocycles. The SMILES string of the molecule is CON(C)C(=O)Cc1nc(-c2ccccc2)oc1C. The maximum atomic E-state index is 11.8. The average Bonchev–Trinajstić information content (AvgIpc) is 2.80. The highest BCUT2D eigenvalue weighted by Crippen LogP contribution is 2.21. The van der Waals surface area contributed by atoms with Crippen molar-refractivity contribution < 1.29 is 14.0 Å². The van der Waals surface area contributed by atoms with Gasteiger partial charge in [-0.3, -0.25) is 9.63 Å². The van der Waals surface area contributed by atoms with E-state index >= 15 is 0 Å². The first kappa shape index (κ1) is 13.3. The average molecular weight is 260 g/mol. The first-order valence-corrected chi connectivity index (χ1v) is 5.94. The predicted octanol–water partition coefficient (Wildman–Crippen LogP) is 2.21. The summed E-state index contributed by atoms with van der Waals surface area (Å²) >= 11 is 0. The number of amides is 1. The van der Waals surface area contributed by atoms with Crippen LogP contribution in [0.5, 0.6) is 0 Å². The summed E-state index contributed by atoms with van der Waals surface area (Å²) in [4.78, 5) is 21.0. The van der Waals surface area contributed by atoms with Crippen molar-refractivity contribution in [3.8, 4) is 11.5 Å². The summed E-state index contributed by atoms with van der Waals surface area (Å²) in [5, 5.41) is 1.18. The molecule has 0 saturated carbocycles. The predicted molar refractivity (Wildman–Crippen MR) is 70.2 cm³/mol. The normalized spacial score (nSPS) is 10.5. The third-order valence-corrected chi connectivity index (χ3v) is 2.86. The number of carbonyl (C=O) groups excluding carboxylic acids is 1. The van der Waals surface area contributed by atoms with Gasteiger partial charge in [0.05, 0.1) is 19.2 Å². The molecule has 0 aliphatic carbocycles. The summed E-state index contributed by atoms with van der Waals surface area (Å²) in [5.41, 5.74) is 1.53. The van der Waals surface area contributed by atoms with Crippen LogP contribution in [0.15, 0.2) is 34.7 Å². The van der Waals surface area contributed by atoms with Crippen LogP contribution in [0.4, 0.5) is 0 Å². The molecule has 1 amide bonds. The molecule has 0 unspecified atom stereocenters. The summed E-state index contributed by atoms with van der Waals surface area (Å²) in [7, 11) is 3.01. The number of aryl methyl sites for hydroxylation is 1. The third-order valence-electron chi connectivity index (χ3n) is 2.86. The van der Waals surface area contributed by atoms with E-state index < -0.39 is 0 Å². The molecule has 5 nitrogen and oxygen atoms in total. The largest absolute Gasteiger partial charge is 0.441 e. The summed E-state index contributed by atoms with van der Waals surface area (Å²) in [6.45, 7) is 1.80. The molecular formula is C14H16N2O3. The van der Waals surface area contributed by atoms with Gasteiger partial charge in [-0.05, 0) is 19.1 Å². The van der Waals surface area contributed by atoms with Gasteiger partial charge in [0.2, 0.25) is 5.89 Å². The number of carbonyl (C=O) groups is 1. The smallest absolute Gasteiger partial charge is 0.251 e. The summed E-state index contributed by atoms with van der Waals surface area (Å²) in [6.07, 6.45) is 0.159. The number of benzene rings is 1. The van der Waals surface area contributed by atoms with Gasteiger partial charge in [-0.15, -0.1) is 0 Å². The minimum atomic E-state index is -0.168. The summed E-state index contributed by atoms with van der Waals surface area (Å²) in [5.74, 6) is 1.01. The van der Waals surface area contributed by atoms with Crippen LogP contribution in [0.2, 0.25) is 0 Å². The Morgan fingerprint density at radius 2 is 2.05 bits per heavy atom. The Bertz CT molecular complexity index is 563. The van der Waals surface area contributed by atoms with Gasteiger partial charge in [-0.1, -0.05) is 18.2 Å². The highest BCUT2D eigenvalue weighted by atomic mass is 16.7. The standard InChI is InChI=1S/C14H16N2O3/c1-10-12(9-13(17)16(2)18-3)15-14(19-10)11-7-5-4-6-8-11/h4-8H,9H2,1-3H3. The maximum Gasteiger partial charge on any atom is 0.251 e. The van der Waals surface area contributed by atoms with Crippen LogP contribution in [0, 0.1) is 6.92 Å². The van der Waals surface area contributed by atoms with Crippen molar-refractivity contribution in [1.29, 1.82) is 0 Å². The van der Waals surface area contributed by atoms with E-state index in [-0.39, 0.29) is 12.3 Å². The molecule has 19 heavy (non-hydrogen) atoms. The third kappa shape index (κ3) is 3.00. The molecule has 0 bridgehead atoms. The van der Waals surface area contributed by atoms with Crippen molar-refractivity contribution in [2.45, 2.75) is 13.3 Å². The monoisotopic (exact) mass is 260 g/mol. The molecule has 0 N–H and O–H groups in total. The Labute approximate surface area is 111 Å². The summed E-state index contributed by atoms with van der Waals surface area (Å²) < 4.78 is 5.59. The topological polar surface area (TPSA) is 55.6 Å². The Morgan fingerprint density at radius 1 is 1.37 bits per heavy atom. The van der Waals surface area contributed by atoms with Crippen LogP contribution in [0.3, 0.4) is 0 Å². The second-order valence-corrected chi connectivity index (χ2v) is 4.14. The molecular weight excluding hydrogens is 244 g/mol. The zero-order valence-corrected chi connectivity index (χ0v) is 11.2. The fourth-order valence-electron chi connectivity index (χ4n) is 1.65. The molecule has 0 radical (unpaired) electrons.